The van der Waals surface area contributed by atoms with Crippen LogP contribution in [0.25, 0.3) is 0 Å². The van der Waals surface area contributed by atoms with E-state index in [0.29, 0.717) is 0 Å². The Bertz CT molecular complexity index is 121. The normalized spacial score (nSPS) is 21.7. The average molecular weight is 185 g/mol. The van der Waals surface area contributed by atoms with E-state index in [4.69, 9.17) is 0 Å². The Morgan fingerprint density at radius 2 is 1.92 bits per heavy atom. The van der Waals surface area contributed by atoms with Crippen LogP contribution in [-0.2, 0) is 0 Å². The molecule has 0 radical (unpaired) electrons. The molecule has 0 aromatic rings. The number of aliphatic hydroxyl groups excluding tert-OH is 1. The lowest BCUT2D eigenvalue weighted by molar-refractivity contribution is 0.145. The molecule has 1 aliphatic heterocycles. The largest absolute Gasteiger partial charge is 0.393 e. The number of hydrogen-bond acceptors (Lipinski definition) is 2. The molecule has 0 spiro atoms. The Balaban J connectivity index is 1.98. The van der Waals surface area contributed by atoms with Crippen molar-refractivity contribution in [2.45, 2.75) is 51.6 Å². The van der Waals surface area contributed by atoms with E-state index in [9.17, 15) is 5.11 Å². The second-order valence-corrected chi connectivity index (χ2v) is 4.11. The predicted octanol–water partition coefficient (Wildman–Crippen LogP) is 2.02. The fraction of sp³-hybridized carbons (Fsp3) is 1.00. The molecule has 0 saturated carbocycles. The molecule has 1 fully saturated rings. The molecule has 0 amide bonds. The molecule has 2 nitrogen and oxygen atoms in total. The van der Waals surface area contributed by atoms with Crippen LogP contribution in [0, 0.1) is 0 Å². The molecule has 0 aromatic heterocycles. The first-order valence-electron chi connectivity index (χ1n) is 5.73. The molecule has 78 valence electrons. The maximum Gasteiger partial charge on any atom is 0.0538 e. The molecular weight excluding hydrogens is 162 g/mol. The number of aliphatic hydroxyl groups is 1. The summed E-state index contributed by atoms with van der Waals surface area (Å²) in [5, 5.41) is 9.37. The van der Waals surface area contributed by atoms with Crippen LogP contribution in [0.4, 0.5) is 0 Å². The number of nitrogens with zero attached hydrogens (tertiary/aromatic N) is 1. The van der Waals surface area contributed by atoms with Gasteiger partial charge in [0.05, 0.1) is 6.10 Å². The van der Waals surface area contributed by atoms with Crippen LogP contribution < -0.4 is 0 Å². The van der Waals surface area contributed by atoms with Crippen LogP contribution in [-0.4, -0.2) is 35.7 Å². The predicted molar refractivity (Wildman–Crippen MR) is 55.8 cm³/mol. The zero-order valence-corrected chi connectivity index (χ0v) is 8.84. The summed E-state index contributed by atoms with van der Waals surface area (Å²) in [6, 6.07) is 0. The molecule has 1 heterocycles. The third-order valence-electron chi connectivity index (χ3n) is 2.93. The highest BCUT2D eigenvalue weighted by Gasteiger charge is 2.09. The first-order valence-corrected chi connectivity index (χ1v) is 5.73. The first kappa shape index (κ1) is 11.0. The quantitative estimate of drug-likeness (QED) is 0.708. The van der Waals surface area contributed by atoms with E-state index >= 15 is 0 Å². The lowest BCUT2D eigenvalue weighted by Crippen LogP contribution is -2.30. The third kappa shape index (κ3) is 4.63. The minimum Gasteiger partial charge on any atom is -0.393 e. The summed E-state index contributed by atoms with van der Waals surface area (Å²) in [5.41, 5.74) is 0. The number of rotatable bonds is 5. The van der Waals surface area contributed by atoms with Gasteiger partial charge in [0, 0.05) is 0 Å². The molecule has 1 N–H and O–H groups in total. The lowest BCUT2D eigenvalue weighted by Gasteiger charge is -2.26. The van der Waals surface area contributed by atoms with Gasteiger partial charge in [0.1, 0.15) is 0 Å². The maximum absolute atomic E-state index is 9.37. The molecule has 0 aromatic carbocycles. The number of piperidine rings is 1. The Hall–Kier alpha value is -0.0800. The van der Waals surface area contributed by atoms with E-state index in [0.717, 1.165) is 19.3 Å². The standard InChI is InChI=1S/C11H23NO/c1-2-11(13)7-6-10-12-8-4-3-5-9-12/h11,13H,2-10H2,1H3/t11-/m1/s1. The van der Waals surface area contributed by atoms with Crippen LogP contribution in [0.15, 0.2) is 0 Å². The third-order valence-corrected chi connectivity index (χ3v) is 2.93. The van der Waals surface area contributed by atoms with E-state index in [1.807, 2.05) is 6.92 Å². The van der Waals surface area contributed by atoms with Crippen LogP contribution in [0.1, 0.15) is 45.4 Å². The monoisotopic (exact) mass is 185 g/mol. The fourth-order valence-electron chi connectivity index (χ4n) is 1.94. The highest BCUT2D eigenvalue weighted by atomic mass is 16.3. The van der Waals surface area contributed by atoms with Gasteiger partial charge in [-0.15, -0.1) is 0 Å². The van der Waals surface area contributed by atoms with Crippen molar-refractivity contribution in [2.75, 3.05) is 19.6 Å². The average Bonchev–Trinajstić information content (AvgIpc) is 2.19. The number of hydrogen-bond donors (Lipinski definition) is 1. The molecule has 13 heavy (non-hydrogen) atoms. The van der Waals surface area contributed by atoms with Gasteiger partial charge in [0.15, 0.2) is 0 Å². The van der Waals surface area contributed by atoms with Gasteiger partial charge in [-0.25, -0.2) is 0 Å². The van der Waals surface area contributed by atoms with Crippen LogP contribution in [0.3, 0.4) is 0 Å². The van der Waals surface area contributed by atoms with Crippen LogP contribution >= 0.6 is 0 Å². The van der Waals surface area contributed by atoms with Crippen molar-refractivity contribution in [1.29, 1.82) is 0 Å². The summed E-state index contributed by atoms with van der Waals surface area (Å²) in [6.07, 6.45) is 7.13. The second-order valence-electron chi connectivity index (χ2n) is 4.11. The van der Waals surface area contributed by atoms with Crippen molar-refractivity contribution in [3.8, 4) is 0 Å². The SMILES string of the molecule is CC[C@@H](O)CCCN1CCCCC1. The lowest BCUT2D eigenvalue weighted by atomic mass is 10.1. The van der Waals surface area contributed by atoms with Crippen LogP contribution in [0.2, 0.25) is 0 Å². The zero-order valence-electron chi connectivity index (χ0n) is 8.84. The van der Waals surface area contributed by atoms with Crippen molar-refractivity contribution in [3.63, 3.8) is 0 Å². The molecule has 1 aliphatic rings. The number of likely N-dealkylation sites (tertiary alicyclic amines) is 1. The van der Waals surface area contributed by atoms with Crippen molar-refractivity contribution in [2.24, 2.45) is 0 Å². The summed E-state index contributed by atoms with van der Waals surface area (Å²) in [6.45, 7) is 5.80. The van der Waals surface area contributed by atoms with Crippen molar-refractivity contribution < 1.29 is 5.11 Å². The summed E-state index contributed by atoms with van der Waals surface area (Å²) in [5.74, 6) is 0. The van der Waals surface area contributed by atoms with Gasteiger partial charge in [-0.05, 0) is 51.7 Å². The highest BCUT2D eigenvalue weighted by molar-refractivity contribution is 4.65. The minimum atomic E-state index is -0.0650. The summed E-state index contributed by atoms with van der Waals surface area (Å²) in [7, 11) is 0. The van der Waals surface area contributed by atoms with Gasteiger partial charge in [-0.1, -0.05) is 13.3 Å². The Kier molecular flexibility index (Phi) is 5.40. The van der Waals surface area contributed by atoms with E-state index in [1.54, 1.807) is 0 Å². The van der Waals surface area contributed by atoms with Crippen molar-refractivity contribution >= 4 is 0 Å². The molecule has 1 atom stereocenters. The summed E-state index contributed by atoms with van der Waals surface area (Å²) < 4.78 is 0. The van der Waals surface area contributed by atoms with Gasteiger partial charge in [0.25, 0.3) is 0 Å². The molecule has 1 saturated heterocycles. The van der Waals surface area contributed by atoms with Gasteiger partial charge < -0.3 is 10.0 Å². The van der Waals surface area contributed by atoms with E-state index in [2.05, 4.69) is 4.90 Å². The van der Waals surface area contributed by atoms with E-state index in [-0.39, 0.29) is 6.10 Å². The molecule has 0 bridgehead atoms. The van der Waals surface area contributed by atoms with Crippen molar-refractivity contribution in [1.82, 2.24) is 4.90 Å². The highest BCUT2D eigenvalue weighted by Crippen LogP contribution is 2.10. The second kappa shape index (κ2) is 6.39. The smallest absolute Gasteiger partial charge is 0.0538 e. The molecule has 0 unspecified atom stereocenters. The molecule has 1 rings (SSSR count). The molecule has 2 heteroatoms. The topological polar surface area (TPSA) is 23.5 Å². The van der Waals surface area contributed by atoms with Gasteiger partial charge in [-0.3, -0.25) is 0 Å². The molecular formula is C11H23NO. The van der Waals surface area contributed by atoms with E-state index < -0.39 is 0 Å². The Labute approximate surface area is 81.9 Å². The molecule has 0 aliphatic carbocycles. The zero-order chi connectivity index (χ0) is 9.52. The van der Waals surface area contributed by atoms with Gasteiger partial charge in [-0.2, -0.15) is 0 Å². The maximum atomic E-state index is 9.37. The summed E-state index contributed by atoms with van der Waals surface area (Å²) in [4.78, 5) is 2.53. The van der Waals surface area contributed by atoms with E-state index in [1.165, 1.54) is 38.9 Å². The van der Waals surface area contributed by atoms with Gasteiger partial charge >= 0.3 is 0 Å². The first-order chi connectivity index (χ1) is 6.33. The Morgan fingerprint density at radius 3 is 2.54 bits per heavy atom. The van der Waals surface area contributed by atoms with Crippen molar-refractivity contribution in [3.05, 3.63) is 0 Å². The minimum absolute atomic E-state index is 0.0650. The Morgan fingerprint density at radius 1 is 1.23 bits per heavy atom. The van der Waals surface area contributed by atoms with Crippen LogP contribution in [0.5, 0.6) is 0 Å². The summed E-state index contributed by atoms with van der Waals surface area (Å²) >= 11 is 0. The van der Waals surface area contributed by atoms with Gasteiger partial charge in [0.2, 0.25) is 0 Å². The fourth-order valence-corrected chi connectivity index (χ4v) is 1.94.